The minimum atomic E-state index is -0.161. The summed E-state index contributed by atoms with van der Waals surface area (Å²) in [5.41, 5.74) is 5.84. The maximum atomic E-state index is 11.6. The SMILES string of the molecule is COc1ccc(Br)c(C(=O)NCCN)c1. The summed E-state index contributed by atoms with van der Waals surface area (Å²) >= 11 is 3.30. The molecule has 3 N–H and O–H groups in total. The van der Waals surface area contributed by atoms with Crippen LogP contribution in [0.4, 0.5) is 0 Å². The van der Waals surface area contributed by atoms with Gasteiger partial charge in [-0.25, -0.2) is 0 Å². The Morgan fingerprint density at radius 3 is 2.93 bits per heavy atom. The molecule has 0 aliphatic rings. The lowest BCUT2D eigenvalue weighted by molar-refractivity contribution is 0.0953. The van der Waals surface area contributed by atoms with Gasteiger partial charge in [0.15, 0.2) is 0 Å². The van der Waals surface area contributed by atoms with E-state index in [4.69, 9.17) is 10.5 Å². The van der Waals surface area contributed by atoms with Crippen LogP contribution >= 0.6 is 15.9 Å². The molecule has 0 fully saturated rings. The van der Waals surface area contributed by atoms with Gasteiger partial charge in [0.25, 0.3) is 5.91 Å². The quantitative estimate of drug-likeness (QED) is 0.864. The number of methoxy groups -OCH3 is 1. The van der Waals surface area contributed by atoms with Gasteiger partial charge < -0.3 is 15.8 Å². The molecule has 1 aromatic rings. The second-order valence-corrected chi connectivity index (χ2v) is 3.74. The van der Waals surface area contributed by atoms with Crippen LogP contribution in [-0.4, -0.2) is 26.1 Å². The zero-order valence-corrected chi connectivity index (χ0v) is 10.0. The summed E-state index contributed by atoms with van der Waals surface area (Å²) < 4.78 is 5.77. The van der Waals surface area contributed by atoms with Crippen molar-refractivity contribution < 1.29 is 9.53 Å². The molecule has 15 heavy (non-hydrogen) atoms. The Morgan fingerprint density at radius 1 is 1.60 bits per heavy atom. The number of nitrogens with two attached hydrogens (primary N) is 1. The van der Waals surface area contributed by atoms with E-state index < -0.39 is 0 Å². The lowest BCUT2D eigenvalue weighted by atomic mass is 10.2. The number of halogens is 1. The van der Waals surface area contributed by atoms with Crippen LogP contribution in [0.25, 0.3) is 0 Å². The molecule has 0 spiro atoms. The number of benzene rings is 1. The molecule has 0 bridgehead atoms. The van der Waals surface area contributed by atoms with Crippen LogP contribution in [0.3, 0.4) is 0 Å². The van der Waals surface area contributed by atoms with Crippen molar-refractivity contribution in [2.75, 3.05) is 20.2 Å². The second kappa shape index (κ2) is 5.72. The van der Waals surface area contributed by atoms with E-state index in [1.165, 1.54) is 0 Å². The Labute approximate surface area is 96.9 Å². The van der Waals surface area contributed by atoms with Crippen LogP contribution in [0.2, 0.25) is 0 Å². The van der Waals surface area contributed by atoms with Crippen molar-refractivity contribution in [2.24, 2.45) is 5.73 Å². The Bertz CT molecular complexity index is 355. The first-order valence-corrected chi connectivity index (χ1v) is 5.30. The Balaban J connectivity index is 2.86. The highest BCUT2D eigenvalue weighted by Crippen LogP contribution is 2.22. The summed E-state index contributed by atoms with van der Waals surface area (Å²) in [6.45, 7) is 0.885. The number of amides is 1. The number of carbonyl (C=O) groups is 1. The van der Waals surface area contributed by atoms with Gasteiger partial charge in [-0.15, -0.1) is 0 Å². The molecule has 0 aliphatic carbocycles. The molecule has 0 heterocycles. The van der Waals surface area contributed by atoms with E-state index in [2.05, 4.69) is 21.2 Å². The molecule has 1 aromatic carbocycles. The van der Waals surface area contributed by atoms with Crippen molar-refractivity contribution in [2.45, 2.75) is 0 Å². The number of hydrogen-bond acceptors (Lipinski definition) is 3. The fourth-order valence-corrected chi connectivity index (χ4v) is 1.51. The highest BCUT2D eigenvalue weighted by molar-refractivity contribution is 9.10. The summed E-state index contributed by atoms with van der Waals surface area (Å²) in [7, 11) is 1.56. The molecule has 0 saturated carbocycles. The topological polar surface area (TPSA) is 64.3 Å². The van der Waals surface area contributed by atoms with Crippen LogP contribution in [0.5, 0.6) is 5.75 Å². The van der Waals surface area contributed by atoms with Gasteiger partial charge in [-0.1, -0.05) is 0 Å². The van der Waals surface area contributed by atoms with Gasteiger partial charge in [-0.2, -0.15) is 0 Å². The van der Waals surface area contributed by atoms with E-state index in [0.717, 1.165) is 4.47 Å². The van der Waals surface area contributed by atoms with Gasteiger partial charge in [0, 0.05) is 17.6 Å². The molecule has 4 nitrogen and oxygen atoms in total. The molecule has 0 atom stereocenters. The van der Waals surface area contributed by atoms with Crippen LogP contribution in [0.1, 0.15) is 10.4 Å². The van der Waals surface area contributed by atoms with Crippen molar-refractivity contribution in [3.63, 3.8) is 0 Å². The molecular weight excluding hydrogens is 260 g/mol. The first-order chi connectivity index (χ1) is 7.19. The van der Waals surface area contributed by atoms with Crippen LogP contribution < -0.4 is 15.8 Å². The lowest BCUT2D eigenvalue weighted by Crippen LogP contribution is -2.29. The third-order valence-corrected chi connectivity index (χ3v) is 2.54. The first kappa shape index (κ1) is 12.0. The summed E-state index contributed by atoms with van der Waals surface area (Å²) in [5, 5.41) is 2.69. The number of ether oxygens (including phenoxy) is 1. The predicted octanol–water partition coefficient (Wildman–Crippen LogP) is 1.15. The molecule has 1 rings (SSSR count). The van der Waals surface area contributed by atoms with Gasteiger partial charge in [-0.3, -0.25) is 4.79 Å². The second-order valence-electron chi connectivity index (χ2n) is 2.89. The third-order valence-electron chi connectivity index (χ3n) is 1.85. The number of carbonyl (C=O) groups excluding carboxylic acids is 1. The van der Waals surface area contributed by atoms with Crippen molar-refractivity contribution in [3.05, 3.63) is 28.2 Å². The Morgan fingerprint density at radius 2 is 2.33 bits per heavy atom. The number of nitrogens with one attached hydrogen (secondary N) is 1. The van der Waals surface area contributed by atoms with Crippen LogP contribution in [-0.2, 0) is 0 Å². The van der Waals surface area contributed by atoms with Gasteiger partial charge in [0.2, 0.25) is 0 Å². The van der Waals surface area contributed by atoms with Crippen LogP contribution in [0, 0.1) is 0 Å². The average Bonchev–Trinajstić information content (AvgIpc) is 2.26. The van der Waals surface area contributed by atoms with Crippen molar-refractivity contribution in [1.29, 1.82) is 0 Å². The number of hydrogen-bond donors (Lipinski definition) is 2. The van der Waals surface area contributed by atoms with Gasteiger partial charge >= 0.3 is 0 Å². The first-order valence-electron chi connectivity index (χ1n) is 4.51. The predicted molar refractivity (Wildman–Crippen MR) is 62.1 cm³/mol. The summed E-state index contributed by atoms with van der Waals surface area (Å²) in [4.78, 5) is 11.6. The molecule has 1 amide bonds. The Kier molecular flexibility index (Phi) is 4.58. The maximum Gasteiger partial charge on any atom is 0.252 e. The van der Waals surface area contributed by atoms with Gasteiger partial charge in [-0.05, 0) is 34.1 Å². The smallest absolute Gasteiger partial charge is 0.252 e. The van der Waals surface area contributed by atoms with E-state index in [0.29, 0.717) is 24.4 Å². The summed E-state index contributed by atoms with van der Waals surface area (Å²) in [6, 6.07) is 5.23. The zero-order valence-electron chi connectivity index (χ0n) is 8.42. The fourth-order valence-electron chi connectivity index (χ4n) is 1.09. The van der Waals surface area contributed by atoms with Crippen molar-refractivity contribution in [3.8, 4) is 5.75 Å². The van der Waals surface area contributed by atoms with E-state index in [-0.39, 0.29) is 5.91 Å². The van der Waals surface area contributed by atoms with Crippen molar-refractivity contribution >= 4 is 21.8 Å². The maximum absolute atomic E-state index is 11.6. The van der Waals surface area contributed by atoms with E-state index in [1.807, 2.05) is 0 Å². The van der Waals surface area contributed by atoms with Gasteiger partial charge in [0.1, 0.15) is 5.75 Å². The molecule has 0 saturated heterocycles. The van der Waals surface area contributed by atoms with E-state index in [9.17, 15) is 4.79 Å². The molecule has 82 valence electrons. The molecule has 0 radical (unpaired) electrons. The van der Waals surface area contributed by atoms with Gasteiger partial charge in [0.05, 0.1) is 12.7 Å². The minimum absolute atomic E-state index is 0.161. The third kappa shape index (κ3) is 3.21. The normalized spacial score (nSPS) is 9.80. The highest BCUT2D eigenvalue weighted by atomic mass is 79.9. The average molecular weight is 273 g/mol. The summed E-state index contributed by atoms with van der Waals surface area (Å²) in [6.07, 6.45) is 0. The van der Waals surface area contributed by atoms with Crippen LogP contribution in [0.15, 0.2) is 22.7 Å². The monoisotopic (exact) mass is 272 g/mol. The number of rotatable bonds is 4. The minimum Gasteiger partial charge on any atom is -0.497 e. The molecule has 0 aliphatic heterocycles. The molecular formula is C10H13BrN2O2. The molecule has 5 heteroatoms. The highest BCUT2D eigenvalue weighted by Gasteiger charge is 2.10. The molecule has 0 unspecified atom stereocenters. The van der Waals surface area contributed by atoms with E-state index in [1.54, 1.807) is 25.3 Å². The van der Waals surface area contributed by atoms with Crippen molar-refractivity contribution in [1.82, 2.24) is 5.32 Å². The van der Waals surface area contributed by atoms with E-state index >= 15 is 0 Å². The summed E-state index contributed by atoms with van der Waals surface area (Å²) in [5.74, 6) is 0.488. The molecule has 0 aromatic heterocycles. The lowest BCUT2D eigenvalue weighted by Gasteiger charge is -2.07. The Hall–Kier alpha value is -1.07. The standard InChI is InChI=1S/C10H13BrN2O2/c1-15-7-2-3-9(11)8(6-7)10(14)13-5-4-12/h2-3,6H,4-5,12H2,1H3,(H,13,14). The largest absolute Gasteiger partial charge is 0.497 e. The fraction of sp³-hybridized carbons (Fsp3) is 0.300. The zero-order chi connectivity index (χ0) is 11.3.